The quantitative estimate of drug-likeness (QED) is 0.580. The number of hydrogen-bond acceptors (Lipinski definition) is 1. The van der Waals surface area contributed by atoms with E-state index in [1.165, 1.54) is 0 Å². The van der Waals surface area contributed by atoms with Gasteiger partial charge in [-0.25, -0.2) is 9.13 Å². The molecule has 2 rings (SSSR count). The van der Waals surface area contributed by atoms with Gasteiger partial charge < -0.3 is 0 Å². The van der Waals surface area contributed by atoms with Crippen molar-refractivity contribution in [2.45, 2.75) is 13.5 Å². The molecule has 3 heteroatoms. The van der Waals surface area contributed by atoms with E-state index < -0.39 is 0 Å². The van der Waals surface area contributed by atoms with Gasteiger partial charge in [0.1, 0.15) is 12.4 Å². The van der Waals surface area contributed by atoms with Crippen LogP contribution in [-0.4, -0.2) is 10.4 Å². The third-order valence-electron chi connectivity index (χ3n) is 2.62. The third kappa shape index (κ3) is 2.69. The highest BCUT2D eigenvalue weighted by molar-refractivity contribution is 5.95. The Balaban J connectivity index is 2.11. The predicted octanol–water partition coefficient (Wildman–Crippen LogP) is 2.07. The van der Waals surface area contributed by atoms with Crippen molar-refractivity contribution < 1.29 is 9.36 Å². The number of benzene rings is 1. The van der Waals surface area contributed by atoms with Crippen LogP contribution in [0.15, 0.2) is 49.6 Å². The van der Waals surface area contributed by atoms with E-state index in [2.05, 4.69) is 6.58 Å². The first-order valence-electron chi connectivity index (χ1n) is 5.48. The van der Waals surface area contributed by atoms with Crippen LogP contribution >= 0.6 is 0 Å². The highest BCUT2D eigenvalue weighted by atomic mass is 16.1. The van der Waals surface area contributed by atoms with Crippen molar-refractivity contribution in [1.82, 2.24) is 4.57 Å². The van der Waals surface area contributed by atoms with Crippen molar-refractivity contribution in [3.8, 4) is 0 Å². The van der Waals surface area contributed by atoms with Gasteiger partial charge in [0.25, 0.3) is 0 Å². The van der Waals surface area contributed by atoms with Crippen molar-refractivity contribution >= 4 is 12.0 Å². The van der Waals surface area contributed by atoms with E-state index >= 15 is 0 Å². The molecule has 17 heavy (non-hydrogen) atoms. The smallest absolute Gasteiger partial charge is 0.248 e. The average Bonchev–Trinajstić information content (AvgIpc) is 2.77. The van der Waals surface area contributed by atoms with Crippen LogP contribution in [0.3, 0.4) is 0 Å². The number of aromatic nitrogens is 2. The Morgan fingerprint density at radius 3 is 2.71 bits per heavy atom. The van der Waals surface area contributed by atoms with Crippen LogP contribution in [0.1, 0.15) is 15.9 Å². The summed E-state index contributed by atoms with van der Waals surface area (Å²) in [5.74, 6) is 0.108. The maximum absolute atomic E-state index is 12.0. The molecule has 0 saturated heterocycles. The summed E-state index contributed by atoms with van der Waals surface area (Å²) in [6.07, 6.45) is 7.23. The molecule has 3 nitrogen and oxygen atoms in total. The molecule has 0 radical (unpaired) electrons. The van der Waals surface area contributed by atoms with Gasteiger partial charge >= 0.3 is 0 Å². The second kappa shape index (κ2) is 4.78. The Morgan fingerprint density at radius 1 is 1.41 bits per heavy atom. The van der Waals surface area contributed by atoms with Gasteiger partial charge in [-0.05, 0) is 6.92 Å². The van der Waals surface area contributed by atoms with E-state index in [1.807, 2.05) is 59.0 Å². The van der Waals surface area contributed by atoms with Crippen LogP contribution in [0.4, 0.5) is 0 Å². The fraction of sp³-hybridized carbons (Fsp3) is 0.143. The summed E-state index contributed by atoms with van der Waals surface area (Å²) in [6.45, 7) is 6.01. The molecule has 0 N–H and O–H groups in total. The van der Waals surface area contributed by atoms with Gasteiger partial charge in [0.05, 0.1) is 6.20 Å². The zero-order chi connectivity index (χ0) is 12.3. The van der Waals surface area contributed by atoms with Gasteiger partial charge in [-0.3, -0.25) is 4.79 Å². The van der Waals surface area contributed by atoms with Gasteiger partial charge in [-0.1, -0.05) is 36.4 Å². The molecule has 0 fully saturated rings. The van der Waals surface area contributed by atoms with E-state index in [0.717, 1.165) is 11.1 Å². The zero-order valence-corrected chi connectivity index (χ0v) is 9.84. The van der Waals surface area contributed by atoms with Gasteiger partial charge in [0.15, 0.2) is 6.54 Å². The molecule has 1 aromatic carbocycles. The van der Waals surface area contributed by atoms with Crippen LogP contribution in [0, 0.1) is 6.92 Å². The molecule has 0 aliphatic heterocycles. The van der Waals surface area contributed by atoms with Crippen LogP contribution in [0.5, 0.6) is 0 Å². The predicted molar refractivity (Wildman–Crippen MR) is 66.5 cm³/mol. The van der Waals surface area contributed by atoms with Crippen molar-refractivity contribution in [3.05, 3.63) is 60.7 Å². The normalized spacial score (nSPS) is 10.2. The molecular weight excluding hydrogens is 212 g/mol. The first-order chi connectivity index (χ1) is 8.19. The lowest BCUT2D eigenvalue weighted by Gasteiger charge is -1.99. The van der Waals surface area contributed by atoms with Crippen molar-refractivity contribution in [2.24, 2.45) is 0 Å². The number of aryl methyl sites for hydroxylation is 1. The minimum absolute atomic E-state index is 0.108. The third-order valence-corrected chi connectivity index (χ3v) is 2.62. The number of Topliss-reactive ketones (excluding diaryl/α,β-unsaturated/α-hetero) is 1. The maximum Gasteiger partial charge on any atom is 0.248 e. The Bertz CT molecular complexity index is 538. The zero-order valence-electron chi connectivity index (χ0n) is 9.84. The maximum atomic E-state index is 12.0. The first kappa shape index (κ1) is 11.3. The highest BCUT2D eigenvalue weighted by Gasteiger charge is 2.10. The van der Waals surface area contributed by atoms with E-state index in [9.17, 15) is 4.79 Å². The largest absolute Gasteiger partial charge is 0.290 e. The Kier molecular flexibility index (Phi) is 3.19. The number of carbonyl (C=O) groups excluding carboxylic acids is 1. The van der Waals surface area contributed by atoms with Crippen molar-refractivity contribution in [3.63, 3.8) is 0 Å². The van der Waals surface area contributed by atoms with Crippen LogP contribution in [0.25, 0.3) is 6.20 Å². The first-order valence-corrected chi connectivity index (χ1v) is 5.48. The Morgan fingerprint density at radius 2 is 2.12 bits per heavy atom. The lowest BCUT2D eigenvalue weighted by atomic mass is 10.1. The SMILES string of the molecule is C=Cn1cc[n+](CC(=O)c2ccc(C)cc2)c1. The van der Waals surface area contributed by atoms with E-state index in [4.69, 9.17) is 0 Å². The minimum Gasteiger partial charge on any atom is -0.290 e. The van der Waals surface area contributed by atoms with Crippen molar-refractivity contribution in [2.75, 3.05) is 0 Å². The molecule has 0 aliphatic carbocycles. The summed E-state index contributed by atoms with van der Waals surface area (Å²) in [4.78, 5) is 12.0. The molecule has 1 heterocycles. The van der Waals surface area contributed by atoms with Crippen LogP contribution < -0.4 is 4.57 Å². The Hall–Kier alpha value is -2.16. The molecule has 1 aromatic heterocycles. The summed E-state index contributed by atoms with van der Waals surface area (Å²) in [6, 6.07) is 7.63. The number of carbonyl (C=O) groups is 1. The summed E-state index contributed by atoms with van der Waals surface area (Å²) in [5, 5.41) is 0. The summed E-state index contributed by atoms with van der Waals surface area (Å²) in [7, 11) is 0. The summed E-state index contributed by atoms with van der Waals surface area (Å²) >= 11 is 0. The van der Waals surface area contributed by atoms with E-state index in [1.54, 1.807) is 6.20 Å². The fourth-order valence-corrected chi connectivity index (χ4v) is 1.61. The molecule has 0 atom stereocenters. The monoisotopic (exact) mass is 227 g/mol. The molecule has 86 valence electrons. The van der Waals surface area contributed by atoms with Crippen LogP contribution in [0.2, 0.25) is 0 Å². The molecule has 2 aromatic rings. The number of ketones is 1. The molecule has 0 unspecified atom stereocenters. The number of imidazole rings is 1. The average molecular weight is 227 g/mol. The van der Waals surface area contributed by atoms with E-state index in [0.29, 0.717) is 6.54 Å². The molecule has 0 amide bonds. The summed E-state index contributed by atoms with van der Waals surface area (Å²) in [5.41, 5.74) is 1.90. The highest BCUT2D eigenvalue weighted by Crippen LogP contribution is 2.04. The van der Waals surface area contributed by atoms with Crippen LogP contribution in [-0.2, 0) is 6.54 Å². The van der Waals surface area contributed by atoms with Crippen molar-refractivity contribution in [1.29, 1.82) is 0 Å². The molecule has 0 spiro atoms. The molecule has 0 bridgehead atoms. The molecule has 0 aliphatic rings. The Labute approximate surface area is 101 Å². The number of rotatable bonds is 4. The topological polar surface area (TPSA) is 25.9 Å². The second-order valence-corrected chi connectivity index (χ2v) is 4.00. The van der Waals surface area contributed by atoms with Gasteiger partial charge in [-0.2, -0.15) is 0 Å². The van der Waals surface area contributed by atoms with Gasteiger partial charge in [0.2, 0.25) is 12.1 Å². The summed E-state index contributed by atoms with van der Waals surface area (Å²) < 4.78 is 3.65. The lowest BCUT2D eigenvalue weighted by Crippen LogP contribution is -2.35. The van der Waals surface area contributed by atoms with Gasteiger partial charge in [-0.15, -0.1) is 0 Å². The van der Waals surface area contributed by atoms with Gasteiger partial charge in [0, 0.05) is 5.56 Å². The van der Waals surface area contributed by atoms with E-state index in [-0.39, 0.29) is 5.78 Å². The lowest BCUT2D eigenvalue weighted by molar-refractivity contribution is -0.682. The second-order valence-electron chi connectivity index (χ2n) is 4.00. The number of hydrogen-bond donors (Lipinski definition) is 0. The minimum atomic E-state index is 0.108. The fourth-order valence-electron chi connectivity index (χ4n) is 1.61. The standard InChI is InChI=1S/C14H15N2O/c1-3-15-8-9-16(11-15)10-14(17)13-6-4-12(2)5-7-13/h3-9,11H,1,10H2,2H3/q+1. The molecular formula is C14H15N2O+. The molecule has 0 saturated carbocycles. The number of nitrogens with zero attached hydrogens (tertiary/aromatic N) is 2.